The molecule has 1 N–H and O–H groups in total. The van der Waals surface area contributed by atoms with Crippen LogP contribution < -0.4 is 4.74 Å². The van der Waals surface area contributed by atoms with Crippen molar-refractivity contribution in [2.75, 3.05) is 39.3 Å². The third-order valence-corrected chi connectivity index (χ3v) is 5.21. The van der Waals surface area contributed by atoms with Crippen LogP contribution in [0.15, 0.2) is 24.3 Å². The van der Waals surface area contributed by atoms with Crippen molar-refractivity contribution in [2.24, 2.45) is 0 Å². The molecule has 23 heavy (non-hydrogen) atoms. The first-order valence-corrected chi connectivity index (χ1v) is 9.05. The van der Waals surface area contributed by atoms with Crippen LogP contribution in [0.25, 0.3) is 0 Å². The molecule has 0 aromatic heterocycles. The van der Waals surface area contributed by atoms with Gasteiger partial charge in [-0.15, -0.1) is 0 Å². The van der Waals surface area contributed by atoms with Gasteiger partial charge in [0.2, 0.25) is 0 Å². The first kappa shape index (κ1) is 16.7. The van der Waals surface area contributed by atoms with Gasteiger partial charge < -0.3 is 19.6 Å². The molecule has 0 amide bonds. The maximum Gasteiger partial charge on any atom is 0.122 e. The number of likely N-dealkylation sites (tertiary alicyclic amines) is 2. The highest BCUT2D eigenvalue weighted by molar-refractivity contribution is 5.31. The van der Waals surface area contributed by atoms with Gasteiger partial charge >= 0.3 is 0 Å². The van der Waals surface area contributed by atoms with Gasteiger partial charge in [0.25, 0.3) is 0 Å². The van der Waals surface area contributed by atoms with E-state index in [1.54, 1.807) is 0 Å². The molecule has 0 aliphatic carbocycles. The molecular formula is C19H30N2O2. The normalized spacial score (nSPS) is 22.3. The van der Waals surface area contributed by atoms with Gasteiger partial charge in [-0.2, -0.15) is 0 Å². The van der Waals surface area contributed by atoms with Gasteiger partial charge in [0.1, 0.15) is 18.5 Å². The summed E-state index contributed by atoms with van der Waals surface area (Å²) in [6.07, 6.45) is 4.80. The van der Waals surface area contributed by atoms with Crippen molar-refractivity contribution in [1.82, 2.24) is 9.80 Å². The summed E-state index contributed by atoms with van der Waals surface area (Å²) in [7, 11) is 0. The highest BCUT2D eigenvalue weighted by Gasteiger charge is 2.27. The van der Waals surface area contributed by atoms with Crippen LogP contribution in [0.4, 0.5) is 0 Å². The number of hydrogen-bond donors (Lipinski definition) is 1. The van der Waals surface area contributed by atoms with E-state index in [4.69, 9.17) is 4.74 Å². The zero-order valence-corrected chi connectivity index (χ0v) is 14.3. The Morgan fingerprint density at radius 2 is 1.83 bits per heavy atom. The lowest BCUT2D eigenvalue weighted by molar-refractivity contribution is 0.0474. The summed E-state index contributed by atoms with van der Waals surface area (Å²) in [6, 6.07) is 8.74. The van der Waals surface area contributed by atoms with Crippen LogP contribution in [-0.2, 0) is 0 Å². The Morgan fingerprint density at radius 3 is 2.52 bits per heavy atom. The number of hydrogen-bond acceptors (Lipinski definition) is 4. The lowest BCUT2D eigenvalue weighted by atomic mass is 10.0. The highest BCUT2D eigenvalue weighted by Crippen LogP contribution is 2.21. The number of para-hydroxylation sites is 1. The highest BCUT2D eigenvalue weighted by atomic mass is 16.5. The molecule has 2 fully saturated rings. The molecule has 0 spiro atoms. The standard InChI is InChI=1S/C19H30N2O2/c1-16-6-2-3-7-19(16)23-15-18(22)14-20-12-8-17(9-13-20)21-10-4-5-11-21/h2-3,6-7,17-18,22H,4-5,8-15H2,1H3. The van der Waals surface area contributed by atoms with Crippen molar-refractivity contribution in [2.45, 2.75) is 44.8 Å². The molecule has 1 unspecified atom stereocenters. The van der Waals surface area contributed by atoms with Crippen LogP contribution in [0.1, 0.15) is 31.2 Å². The molecular weight excluding hydrogens is 288 g/mol. The molecule has 0 bridgehead atoms. The molecule has 0 saturated carbocycles. The molecule has 2 saturated heterocycles. The number of aliphatic hydroxyl groups is 1. The van der Waals surface area contributed by atoms with E-state index >= 15 is 0 Å². The number of aliphatic hydroxyl groups excluding tert-OH is 1. The van der Waals surface area contributed by atoms with Crippen LogP contribution in [0.3, 0.4) is 0 Å². The van der Waals surface area contributed by atoms with Crippen LogP contribution in [0, 0.1) is 6.92 Å². The lowest BCUT2D eigenvalue weighted by Gasteiger charge is -2.37. The summed E-state index contributed by atoms with van der Waals surface area (Å²) in [5, 5.41) is 10.3. The number of rotatable bonds is 6. The van der Waals surface area contributed by atoms with Gasteiger partial charge in [-0.1, -0.05) is 18.2 Å². The Morgan fingerprint density at radius 1 is 1.13 bits per heavy atom. The summed E-state index contributed by atoms with van der Waals surface area (Å²) in [4.78, 5) is 5.05. The third kappa shape index (κ3) is 4.69. The van der Waals surface area contributed by atoms with E-state index in [9.17, 15) is 5.11 Å². The largest absolute Gasteiger partial charge is 0.491 e. The van der Waals surface area contributed by atoms with E-state index in [1.807, 2.05) is 31.2 Å². The van der Waals surface area contributed by atoms with E-state index in [-0.39, 0.29) is 0 Å². The van der Waals surface area contributed by atoms with E-state index in [0.29, 0.717) is 6.61 Å². The average Bonchev–Trinajstić information content (AvgIpc) is 3.09. The Hall–Kier alpha value is -1.10. The summed E-state index contributed by atoms with van der Waals surface area (Å²) < 4.78 is 5.76. The first-order chi connectivity index (χ1) is 11.2. The van der Waals surface area contributed by atoms with Crippen LogP contribution >= 0.6 is 0 Å². The predicted molar refractivity (Wildman–Crippen MR) is 92.9 cm³/mol. The van der Waals surface area contributed by atoms with Gasteiger partial charge in [0.15, 0.2) is 0 Å². The minimum Gasteiger partial charge on any atom is -0.491 e. The number of β-amino-alcohol motifs (C(OH)–C–C–N with tert-alkyl or cyclic N) is 1. The van der Waals surface area contributed by atoms with Crippen molar-refractivity contribution >= 4 is 0 Å². The SMILES string of the molecule is Cc1ccccc1OCC(O)CN1CCC(N2CCCC2)CC1. The molecule has 128 valence electrons. The fourth-order valence-corrected chi connectivity index (χ4v) is 3.83. The molecule has 2 aliphatic rings. The van der Waals surface area contributed by atoms with Gasteiger partial charge in [-0.3, -0.25) is 0 Å². The number of benzene rings is 1. The molecule has 1 atom stereocenters. The van der Waals surface area contributed by atoms with Crippen LogP contribution in [-0.4, -0.2) is 66.4 Å². The van der Waals surface area contributed by atoms with Crippen molar-refractivity contribution < 1.29 is 9.84 Å². The number of piperidine rings is 1. The van der Waals surface area contributed by atoms with Crippen LogP contribution in [0.5, 0.6) is 5.75 Å². The summed E-state index contributed by atoms with van der Waals surface area (Å²) in [6.45, 7) is 7.90. The minimum atomic E-state index is -0.419. The molecule has 1 aromatic rings. The maximum absolute atomic E-state index is 10.3. The van der Waals surface area contributed by atoms with Crippen molar-refractivity contribution in [3.63, 3.8) is 0 Å². The molecule has 4 heteroatoms. The average molecular weight is 318 g/mol. The van der Waals surface area contributed by atoms with Crippen molar-refractivity contribution in [3.8, 4) is 5.75 Å². The van der Waals surface area contributed by atoms with E-state index < -0.39 is 6.10 Å². The number of ether oxygens (including phenoxy) is 1. The Kier molecular flexibility index (Phi) is 5.92. The number of aryl methyl sites for hydroxylation is 1. The van der Waals surface area contributed by atoms with Crippen LogP contribution in [0.2, 0.25) is 0 Å². The Bertz CT molecular complexity index is 480. The first-order valence-electron chi connectivity index (χ1n) is 9.05. The predicted octanol–water partition coefficient (Wildman–Crippen LogP) is 2.29. The van der Waals surface area contributed by atoms with E-state index in [0.717, 1.165) is 37.0 Å². The monoisotopic (exact) mass is 318 g/mol. The second-order valence-electron chi connectivity index (χ2n) is 7.01. The zero-order chi connectivity index (χ0) is 16.1. The Balaban J connectivity index is 1.37. The number of nitrogens with zero attached hydrogens (tertiary/aromatic N) is 2. The molecule has 0 radical (unpaired) electrons. The van der Waals surface area contributed by atoms with Gasteiger partial charge in [-0.25, -0.2) is 0 Å². The zero-order valence-electron chi connectivity index (χ0n) is 14.3. The second kappa shape index (κ2) is 8.13. The smallest absolute Gasteiger partial charge is 0.122 e. The summed E-state index contributed by atoms with van der Waals surface area (Å²) in [5.41, 5.74) is 1.12. The van der Waals surface area contributed by atoms with E-state index in [1.165, 1.54) is 38.8 Å². The lowest BCUT2D eigenvalue weighted by Crippen LogP contribution is -2.46. The second-order valence-corrected chi connectivity index (χ2v) is 7.01. The molecule has 2 heterocycles. The summed E-state index contributed by atoms with van der Waals surface area (Å²) >= 11 is 0. The molecule has 2 aliphatic heterocycles. The summed E-state index contributed by atoms with van der Waals surface area (Å²) in [5.74, 6) is 0.874. The van der Waals surface area contributed by atoms with E-state index in [2.05, 4.69) is 9.80 Å². The quantitative estimate of drug-likeness (QED) is 0.873. The van der Waals surface area contributed by atoms with Gasteiger partial charge in [0.05, 0.1) is 0 Å². The van der Waals surface area contributed by atoms with Crippen molar-refractivity contribution in [1.29, 1.82) is 0 Å². The fraction of sp³-hybridized carbons (Fsp3) is 0.684. The topological polar surface area (TPSA) is 35.9 Å². The maximum atomic E-state index is 10.3. The van der Waals surface area contributed by atoms with Crippen molar-refractivity contribution in [3.05, 3.63) is 29.8 Å². The minimum absolute atomic E-state index is 0.372. The molecule has 1 aromatic carbocycles. The fourth-order valence-electron chi connectivity index (χ4n) is 3.83. The third-order valence-electron chi connectivity index (χ3n) is 5.21. The van der Waals surface area contributed by atoms with Gasteiger partial charge in [-0.05, 0) is 70.4 Å². The Labute approximate surface area is 140 Å². The van der Waals surface area contributed by atoms with Gasteiger partial charge in [0, 0.05) is 12.6 Å². The molecule has 4 nitrogen and oxygen atoms in total. The molecule has 3 rings (SSSR count).